The second-order valence-electron chi connectivity index (χ2n) is 10.3. The molecule has 1 aliphatic heterocycles. The van der Waals surface area contributed by atoms with Crippen molar-refractivity contribution < 1.29 is 9.59 Å². The van der Waals surface area contributed by atoms with Gasteiger partial charge in [0.05, 0.1) is 17.6 Å². The monoisotopic (exact) mass is 458 g/mol. The van der Waals surface area contributed by atoms with Crippen LogP contribution in [0, 0.1) is 11.8 Å². The molecule has 0 bridgehead atoms. The second kappa shape index (κ2) is 8.90. The molecule has 2 aliphatic rings. The van der Waals surface area contributed by atoms with Gasteiger partial charge in [0.15, 0.2) is 5.82 Å². The predicted molar refractivity (Wildman–Crippen MR) is 133 cm³/mol. The van der Waals surface area contributed by atoms with Crippen molar-refractivity contribution in [1.29, 1.82) is 0 Å². The van der Waals surface area contributed by atoms with Crippen LogP contribution in [0.1, 0.15) is 56.2 Å². The van der Waals surface area contributed by atoms with Gasteiger partial charge in [0.2, 0.25) is 5.91 Å². The minimum atomic E-state index is -0.997. The summed E-state index contributed by atoms with van der Waals surface area (Å²) in [4.78, 5) is 34.1. The lowest BCUT2D eigenvalue weighted by atomic mass is 9.77. The number of benzene rings is 2. The first kappa shape index (κ1) is 22.6. The SMILES string of the molecule is CC1CCCC(NC(=O)C2(C)Cn3c(nc4ccccc43)C(=O)N2CCc2ccccc2)C1C. The number of nitrogens with one attached hydrogen (secondary N) is 1. The van der Waals surface area contributed by atoms with Crippen LogP contribution in [-0.2, 0) is 17.8 Å². The van der Waals surface area contributed by atoms with E-state index >= 15 is 0 Å². The van der Waals surface area contributed by atoms with E-state index in [4.69, 9.17) is 0 Å². The molecule has 2 aromatic carbocycles. The molecule has 2 amide bonds. The Morgan fingerprint density at radius 2 is 1.82 bits per heavy atom. The Morgan fingerprint density at radius 3 is 2.62 bits per heavy atom. The molecule has 1 saturated carbocycles. The number of hydrogen-bond donors (Lipinski definition) is 1. The fourth-order valence-corrected chi connectivity index (χ4v) is 5.67. The molecular formula is C28H34N4O2. The van der Waals surface area contributed by atoms with E-state index in [9.17, 15) is 9.59 Å². The molecule has 1 aromatic heterocycles. The predicted octanol–water partition coefficient (Wildman–Crippen LogP) is 4.43. The van der Waals surface area contributed by atoms with Gasteiger partial charge in [-0.2, -0.15) is 0 Å². The zero-order valence-corrected chi connectivity index (χ0v) is 20.3. The maximum absolute atomic E-state index is 13.9. The molecule has 6 heteroatoms. The highest BCUT2D eigenvalue weighted by molar-refractivity contribution is 6.01. The normalized spacial score (nSPS) is 27.0. The standard InChI is InChI=1S/C28H34N4O2/c1-19-10-9-14-22(20(19)2)30-27(34)28(3)18-31-24-15-8-7-13-23(24)29-25(31)26(33)32(28)17-16-21-11-5-4-6-12-21/h4-8,11-13,15,19-20,22H,9-10,14,16-18H2,1-3H3,(H,30,34). The molecule has 1 N–H and O–H groups in total. The Kier molecular flexibility index (Phi) is 5.92. The molecule has 5 rings (SSSR count). The first-order valence-corrected chi connectivity index (χ1v) is 12.5. The third-order valence-corrected chi connectivity index (χ3v) is 8.13. The zero-order valence-electron chi connectivity index (χ0n) is 20.3. The van der Waals surface area contributed by atoms with Crippen LogP contribution in [0.15, 0.2) is 54.6 Å². The van der Waals surface area contributed by atoms with Crippen LogP contribution >= 0.6 is 0 Å². The van der Waals surface area contributed by atoms with Crippen molar-refractivity contribution in [3.63, 3.8) is 0 Å². The minimum absolute atomic E-state index is 0.0664. The summed E-state index contributed by atoms with van der Waals surface area (Å²) in [5.41, 5.74) is 1.83. The summed E-state index contributed by atoms with van der Waals surface area (Å²) >= 11 is 0. The van der Waals surface area contributed by atoms with Gasteiger partial charge in [0.1, 0.15) is 5.54 Å². The van der Waals surface area contributed by atoms with Crippen molar-refractivity contribution in [3.8, 4) is 0 Å². The van der Waals surface area contributed by atoms with E-state index in [-0.39, 0.29) is 17.9 Å². The maximum atomic E-state index is 13.9. The zero-order chi connectivity index (χ0) is 23.9. The van der Waals surface area contributed by atoms with E-state index in [1.54, 1.807) is 4.90 Å². The lowest BCUT2D eigenvalue weighted by Gasteiger charge is -2.45. The van der Waals surface area contributed by atoms with Gasteiger partial charge in [0.25, 0.3) is 5.91 Å². The van der Waals surface area contributed by atoms with Gasteiger partial charge in [-0.1, -0.05) is 69.2 Å². The molecule has 34 heavy (non-hydrogen) atoms. The number of imidazole rings is 1. The van der Waals surface area contributed by atoms with Crippen LogP contribution in [0.3, 0.4) is 0 Å². The first-order chi connectivity index (χ1) is 16.4. The Morgan fingerprint density at radius 1 is 1.09 bits per heavy atom. The van der Waals surface area contributed by atoms with E-state index < -0.39 is 5.54 Å². The molecule has 178 valence electrons. The summed E-state index contributed by atoms with van der Waals surface area (Å²) in [6.07, 6.45) is 4.01. The third-order valence-electron chi connectivity index (χ3n) is 8.13. The molecule has 2 heterocycles. The van der Waals surface area contributed by atoms with Crippen molar-refractivity contribution in [2.45, 2.75) is 64.6 Å². The van der Waals surface area contributed by atoms with Gasteiger partial charge >= 0.3 is 0 Å². The number of aromatic nitrogens is 2. The van der Waals surface area contributed by atoms with Crippen LogP contribution in [0.5, 0.6) is 0 Å². The van der Waals surface area contributed by atoms with E-state index in [0.717, 1.165) is 29.4 Å². The summed E-state index contributed by atoms with van der Waals surface area (Å²) in [6.45, 7) is 7.28. The van der Waals surface area contributed by atoms with Gasteiger partial charge in [0, 0.05) is 12.6 Å². The quantitative estimate of drug-likeness (QED) is 0.615. The fraction of sp³-hybridized carbons (Fsp3) is 0.464. The third kappa shape index (κ3) is 3.89. The minimum Gasteiger partial charge on any atom is -0.351 e. The highest BCUT2D eigenvalue weighted by Crippen LogP contribution is 2.33. The average molecular weight is 459 g/mol. The number of rotatable bonds is 5. The van der Waals surface area contributed by atoms with Gasteiger partial charge in [-0.3, -0.25) is 9.59 Å². The van der Waals surface area contributed by atoms with E-state index in [0.29, 0.717) is 37.2 Å². The molecule has 1 aliphatic carbocycles. The van der Waals surface area contributed by atoms with Crippen molar-refractivity contribution >= 4 is 22.8 Å². The Labute approximate surface area is 201 Å². The van der Waals surface area contributed by atoms with Crippen LogP contribution in [0.4, 0.5) is 0 Å². The largest absolute Gasteiger partial charge is 0.351 e. The van der Waals surface area contributed by atoms with E-state index in [1.807, 2.05) is 54.0 Å². The van der Waals surface area contributed by atoms with E-state index in [2.05, 4.69) is 36.3 Å². The highest BCUT2D eigenvalue weighted by atomic mass is 16.2. The first-order valence-electron chi connectivity index (χ1n) is 12.5. The number of amides is 2. The van der Waals surface area contributed by atoms with Crippen molar-refractivity contribution in [2.24, 2.45) is 11.8 Å². The van der Waals surface area contributed by atoms with Crippen molar-refractivity contribution in [3.05, 3.63) is 66.0 Å². The van der Waals surface area contributed by atoms with Crippen LogP contribution in [0.25, 0.3) is 11.0 Å². The van der Waals surface area contributed by atoms with Crippen LogP contribution in [0.2, 0.25) is 0 Å². The lowest BCUT2D eigenvalue weighted by Crippen LogP contribution is -2.66. The fourth-order valence-electron chi connectivity index (χ4n) is 5.67. The number of fused-ring (bicyclic) bond motifs is 3. The van der Waals surface area contributed by atoms with Gasteiger partial charge in [-0.05, 0) is 49.3 Å². The Balaban J connectivity index is 1.49. The smallest absolute Gasteiger partial charge is 0.290 e. The molecule has 0 saturated heterocycles. The number of carbonyl (C=O) groups excluding carboxylic acids is 2. The summed E-state index contributed by atoms with van der Waals surface area (Å²) in [7, 11) is 0. The summed E-state index contributed by atoms with van der Waals surface area (Å²) < 4.78 is 1.93. The molecule has 3 aromatic rings. The maximum Gasteiger partial charge on any atom is 0.290 e. The molecule has 0 radical (unpaired) electrons. The summed E-state index contributed by atoms with van der Waals surface area (Å²) in [5, 5.41) is 3.36. The number of para-hydroxylation sites is 2. The van der Waals surface area contributed by atoms with Crippen LogP contribution in [-0.4, -0.2) is 44.4 Å². The highest BCUT2D eigenvalue weighted by Gasteiger charge is 2.49. The molecular weight excluding hydrogens is 424 g/mol. The average Bonchev–Trinajstić information content (AvgIpc) is 3.21. The van der Waals surface area contributed by atoms with Gasteiger partial charge < -0.3 is 14.8 Å². The summed E-state index contributed by atoms with van der Waals surface area (Å²) in [6, 6.07) is 18.0. The molecule has 1 fully saturated rings. The topological polar surface area (TPSA) is 67.2 Å². The summed E-state index contributed by atoms with van der Waals surface area (Å²) in [5.74, 6) is 1.17. The van der Waals surface area contributed by atoms with Crippen molar-refractivity contribution in [2.75, 3.05) is 6.54 Å². The van der Waals surface area contributed by atoms with Crippen molar-refractivity contribution in [1.82, 2.24) is 19.8 Å². The number of carbonyl (C=O) groups is 2. The van der Waals surface area contributed by atoms with Crippen LogP contribution < -0.4 is 5.32 Å². The molecule has 0 spiro atoms. The second-order valence-corrected chi connectivity index (χ2v) is 10.3. The molecule has 6 nitrogen and oxygen atoms in total. The Hall–Kier alpha value is -3.15. The van der Waals surface area contributed by atoms with Gasteiger partial charge in [-0.15, -0.1) is 0 Å². The van der Waals surface area contributed by atoms with Gasteiger partial charge in [-0.25, -0.2) is 4.98 Å². The molecule has 4 atom stereocenters. The lowest BCUT2D eigenvalue weighted by molar-refractivity contribution is -0.134. The number of hydrogen-bond acceptors (Lipinski definition) is 3. The number of nitrogens with zero attached hydrogens (tertiary/aromatic N) is 3. The van der Waals surface area contributed by atoms with E-state index in [1.165, 1.54) is 6.42 Å². The Bertz CT molecular complexity index is 1200. The molecule has 4 unspecified atom stereocenters.